The maximum atomic E-state index is 5.42. The predicted octanol–water partition coefficient (Wildman–Crippen LogP) is 4.66. The van der Waals surface area contributed by atoms with E-state index in [4.69, 9.17) is 9.84 Å². The molecule has 27 heavy (non-hydrogen) atoms. The molecule has 1 atom stereocenters. The molecule has 1 aliphatic heterocycles. The summed E-state index contributed by atoms with van der Waals surface area (Å²) in [6.07, 6.45) is 4.43. The monoisotopic (exact) mass is 370 g/mol. The molecule has 1 aromatic heterocycles. The van der Waals surface area contributed by atoms with Crippen molar-refractivity contribution in [1.82, 2.24) is 9.78 Å². The number of hydrogen-bond donors (Lipinski definition) is 1. The summed E-state index contributed by atoms with van der Waals surface area (Å²) in [4.78, 5) is 2.42. The fourth-order valence-electron chi connectivity index (χ4n) is 4.46. The standard InChI is InChI=1S/C22H34N4O/c1-7-9-18(14-27-6)23-21-19-10-8-11-26(22(19)24-25(21)5)20-16(3)12-15(2)13-17(20)4/h12-13,18,23H,7-11,14H2,1-6H3. The van der Waals surface area contributed by atoms with E-state index >= 15 is 0 Å². The van der Waals surface area contributed by atoms with Crippen molar-refractivity contribution in [2.45, 2.75) is 59.4 Å². The molecule has 0 fully saturated rings. The van der Waals surface area contributed by atoms with Gasteiger partial charge in [-0.25, -0.2) is 0 Å². The number of hydrogen-bond acceptors (Lipinski definition) is 4. The van der Waals surface area contributed by atoms with E-state index in [0.29, 0.717) is 12.6 Å². The third kappa shape index (κ3) is 3.98. The third-order valence-corrected chi connectivity index (χ3v) is 5.44. The number of benzene rings is 1. The number of nitrogens with one attached hydrogen (secondary N) is 1. The van der Waals surface area contributed by atoms with Gasteiger partial charge in [-0.3, -0.25) is 4.68 Å². The fourth-order valence-corrected chi connectivity index (χ4v) is 4.46. The SMILES string of the molecule is CCCC(COC)Nc1c2c(nn1C)N(c1c(C)cc(C)cc1C)CCC2. The maximum absolute atomic E-state index is 5.42. The van der Waals surface area contributed by atoms with Crippen LogP contribution in [0, 0.1) is 20.8 Å². The van der Waals surface area contributed by atoms with E-state index in [-0.39, 0.29) is 0 Å². The molecule has 0 saturated heterocycles. The van der Waals surface area contributed by atoms with E-state index < -0.39 is 0 Å². The van der Waals surface area contributed by atoms with Crippen LogP contribution in [0.3, 0.4) is 0 Å². The lowest BCUT2D eigenvalue weighted by Crippen LogP contribution is -2.28. The largest absolute Gasteiger partial charge is 0.383 e. The van der Waals surface area contributed by atoms with Crippen LogP contribution >= 0.6 is 0 Å². The lowest BCUT2D eigenvalue weighted by atomic mass is 10.0. The zero-order valence-electron chi connectivity index (χ0n) is 17.7. The molecule has 1 aromatic carbocycles. The molecule has 1 unspecified atom stereocenters. The Balaban J connectivity index is 1.98. The second kappa shape index (κ2) is 8.34. The highest BCUT2D eigenvalue weighted by Crippen LogP contribution is 2.39. The predicted molar refractivity (Wildman–Crippen MR) is 113 cm³/mol. The Labute approximate surface area is 163 Å². The van der Waals surface area contributed by atoms with Crippen LogP contribution in [-0.2, 0) is 18.2 Å². The number of aryl methyl sites for hydroxylation is 4. The van der Waals surface area contributed by atoms with Crippen LogP contribution in [0.25, 0.3) is 0 Å². The average Bonchev–Trinajstić information content (AvgIpc) is 2.91. The molecule has 5 heteroatoms. The molecule has 0 spiro atoms. The summed E-state index contributed by atoms with van der Waals surface area (Å²) in [5.74, 6) is 2.25. The Morgan fingerprint density at radius 3 is 2.56 bits per heavy atom. The number of nitrogens with zero attached hydrogens (tertiary/aromatic N) is 3. The van der Waals surface area contributed by atoms with E-state index in [1.165, 1.54) is 27.9 Å². The van der Waals surface area contributed by atoms with Gasteiger partial charge in [-0.05, 0) is 51.2 Å². The van der Waals surface area contributed by atoms with Crippen molar-refractivity contribution in [1.29, 1.82) is 0 Å². The van der Waals surface area contributed by atoms with Crippen molar-refractivity contribution in [2.75, 3.05) is 30.5 Å². The van der Waals surface area contributed by atoms with Crippen molar-refractivity contribution in [3.8, 4) is 0 Å². The van der Waals surface area contributed by atoms with Crippen LogP contribution in [0.2, 0.25) is 0 Å². The highest BCUT2D eigenvalue weighted by molar-refractivity contribution is 5.74. The topological polar surface area (TPSA) is 42.3 Å². The molecule has 2 heterocycles. The summed E-state index contributed by atoms with van der Waals surface area (Å²) in [5, 5.41) is 8.64. The molecule has 148 valence electrons. The summed E-state index contributed by atoms with van der Waals surface area (Å²) in [6, 6.07) is 4.86. The average molecular weight is 371 g/mol. The molecule has 5 nitrogen and oxygen atoms in total. The normalized spacial score (nSPS) is 15.0. The first-order valence-electron chi connectivity index (χ1n) is 10.1. The molecular formula is C22H34N4O. The summed E-state index contributed by atoms with van der Waals surface area (Å²) >= 11 is 0. The van der Waals surface area contributed by atoms with E-state index in [9.17, 15) is 0 Å². The zero-order valence-corrected chi connectivity index (χ0v) is 17.7. The Morgan fingerprint density at radius 2 is 1.93 bits per heavy atom. The second-order valence-electron chi connectivity index (χ2n) is 7.86. The molecule has 1 N–H and O–H groups in total. The van der Waals surface area contributed by atoms with Crippen molar-refractivity contribution < 1.29 is 4.74 Å². The summed E-state index contributed by atoms with van der Waals surface area (Å²) in [7, 11) is 3.82. The first kappa shape index (κ1) is 19.7. The van der Waals surface area contributed by atoms with Gasteiger partial charge in [0.25, 0.3) is 0 Å². The molecule has 0 aliphatic carbocycles. The van der Waals surface area contributed by atoms with Crippen LogP contribution in [0.4, 0.5) is 17.3 Å². The minimum absolute atomic E-state index is 0.317. The van der Waals surface area contributed by atoms with Crippen LogP contribution in [0.5, 0.6) is 0 Å². The molecule has 3 rings (SSSR count). The van der Waals surface area contributed by atoms with Crippen molar-refractivity contribution in [3.05, 3.63) is 34.4 Å². The Hall–Kier alpha value is -2.01. The number of methoxy groups -OCH3 is 1. The van der Waals surface area contributed by atoms with Gasteiger partial charge >= 0.3 is 0 Å². The number of ether oxygens (including phenoxy) is 1. The van der Waals surface area contributed by atoms with Crippen molar-refractivity contribution in [2.24, 2.45) is 7.05 Å². The first-order valence-corrected chi connectivity index (χ1v) is 10.1. The van der Waals surface area contributed by atoms with Crippen LogP contribution in [0.1, 0.15) is 48.4 Å². The lowest BCUT2D eigenvalue weighted by molar-refractivity contribution is 0.182. The van der Waals surface area contributed by atoms with Gasteiger partial charge in [0.15, 0.2) is 5.82 Å². The van der Waals surface area contributed by atoms with Gasteiger partial charge in [0.1, 0.15) is 5.82 Å². The Bertz CT molecular complexity index is 767. The van der Waals surface area contributed by atoms with E-state index in [1.54, 1.807) is 7.11 Å². The van der Waals surface area contributed by atoms with Gasteiger partial charge in [0.2, 0.25) is 0 Å². The number of aromatic nitrogens is 2. The van der Waals surface area contributed by atoms with Gasteiger partial charge in [-0.1, -0.05) is 31.0 Å². The minimum atomic E-state index is 0.317. The van der Waals surface area contributed by atoms with E-state index in [0.717, 1.165) is 43.9 Å². The smallest absolute Gasteiger partial charge is 0.160 e. The highest BCUT2D eigenvalue weighted by atomic mass is 16.5. The van der Waals surface area contributed by atoms with Crippen molar-refractivity contribution in [3.63, 3.8) is 0 Å². The Morgan fingerprint density at radius 1 is 1.22 bits per heavy atom. The third-order valence-electron chi connectivity index (χ3n) is 5.44. The van der Waals surface area contributed by atoms with E-state index in [1.807, 2.05) is 11.7 Å². The summed E-state index contributed by atoms with van der Waals surface area (Å²) in [5.41, 5.74) is 6.61. The number of anilines is 3. The van der Waals surface area contributed by atoms with Gasteiger partial charge in [-0.15, -0.1) is 0 Å². The molecule has 1 aliphatic rings. The van der Waals surface area contributed by atoms with Gasteiger partial charge in [0.05, 0.1) is 12.6 Å². The molecule has 0 radical (unpaired) electrons. The quantitative estimate of drug-likeness (QED) is 0.770. The maximum Gasteiger partial charge on any atom is 0.160 e. The van der Waals surface area contributed by atoms with Crippen LogP contribution in [0.15, 0.2) is 12.1 Å². The second-order valence-corrected chi connectivity index (χ2v) is 7.86. The minimum Gasteiger partial charge on any atom is -0.383 e. The highest BCUT2D eigenvalue weighted by Gasteiger charge is 2.28. The van der Waals surface area contributed by atoms with Crippen LogP contribution < -0.4 is 10.2 Å². The van der Waals surface area contributed by atoms with Crippen LogP contribution in [-0.4, -0.2) is 36.1 Å². The fraction of sp³-hybridized carbons (Fsp3) is 0.591. The van der Waals surface area contributed by atoms with Gasteiger partial charge in [-0.2, -0.15) is 5.10 Å². The van der Waals surface area contributed by atoms with Gasteiger partial charge < -0.3 is 15.0 Å². The molecule has 0 bridgehead atoms. The van der Waals surface area contributed by atoms with E-state index in [2.05, 4.69) is 50.0 Å². The molecule has 0 amide bonds. The molecule has 0 saturated carbocycles. The first-order chi connectivity index (χ1) is 13.0. The van der Waals surface area contributed by atoms with Crippen molar-refractivity contribution >= 4 is 17.3 Å². The number of rotatable bonds is 7. The van der Waals surface area contributed by atoms with Gasteiger partial charge in [0, 0.05) is 32.0 Å². The summed E-state index contributed by atoms with van der Waals surface area (Å²) < 4.78 is 7.43. The Kier molecular flexibility index (Phi) is 6.10. The summed E-state index contributed by atoms with van der Waals surface area (Å²) in [6.45, 7) is 10.5. The zero-order chi connectivity index (χ0) is 19.6. The molecule has 2 aromatic rings. The lowest BCUT2D eigenvalue weighted by Gasteiger charge is -2.31. The molecular weight excluding hydrogens is 336 g/mol. The number of fused-ring (bicyclic) bond motifs is 1.